The second kappa shape index (κ2) is 9.09. The van der Waals surface area contributed by atoms with Crippen molar-refractivity contribution in [3.63, 3.8) is 0 Å². The molecule has 34 heavy (non-hydrogen) atoms. The zero-order valence-electron chi connectivity index (χ0n) is 17.6. The van der Waals surface area contributed by atoms with Gasteiger partial charge >= 0.3 is 0 Å². The average Bonchev–Trinajstić information content (AvgIpc) is 3.34. The van der Waals surface area contributed by atoms with Gasteiger partial charge in [0.2, 0.25) is 5.91 Å². The van der Waals surface area contributed by atoms with E-state index in [9.17, 15) is 14.4 Å². The number of rotatable bonds is 4. The highest BCUT2D eigenvalue weighted by molar-refractivity contribution is 7.13. The van der Waals surface area contributed by atoms with Gasteiger partial charge in [-0.1, -0.05) is 35.9 Å². The minimum atomic E-state index is -0.350. The highest BCUT2D eigenvalue weighted by Gasteiger charge is 2.27. The zero-order chi connectivity index (χ0) is 23.7. The second-order valence-corrected chi connectivity index (χ2v) is 8.83. The number of carbonyl (C=O) groups is 3. The van der Waals surface area contributed by atoms with Crippen LogP contribution in [0.3, 0.4) is 0 Å². The lowest BCUT2D eigenvalue weighted by molar-refractivity contribution is -0.115. The molecule has 9 heteroatoms. The normalized spacial score (nSPS) is 12.6. The first-order valence-electron chi connectivity index (χ1n) is 10.3. The molecule has 0 spiro atoms. The van der Waals surface area contributed by atoms with Crippen molar-refractivity contribution in [2.75, 3.05) is 22.1 Å². The lowest BCUT2D eigenvalue weighted by Crippen LogP contribution is -2.42. The quantitative estimate of drug-likeness (QED) is 0.407. The smallest absolute Gasteiger partial charge is 0.275 e. The number of fused-ring (bicyclic) bond motifs is 1. The van der Waals surface area contributed by atoms with Crippen LogP contribution >= 0.6 is 22.9 Å². The standard InChI is InChI=1S/C25H17ClN4O3S/c26-17-9-5-15(6-10-17)24-29-20(14-34-24)23(32)27-18-11-7-16(8-12-18)25(33)30-13-22(31)28-19-3-1-2-4-21(19)30/h1-12,14H,13H2,(H,27,32)(H,28,31). The van der Waals surface area contributed by atoms with Gasteiger partial charge in [-0.05, 0) is 48.5 Å². The Hall–Kier alpha value is -4.01. The van der Waals surface area contributed by atoms with E-state index in [1.54, 1.807) is 60.0 Å². The Morgan fingerprint density at radius 2 is 1.74 bits per heavy atom. The Morgan fingerprint density at radius 3 is 2.50 bits per heavy atom. The number of nitrogens with zero attached hydrogens (tertiary/aromatic N) is 2. The average molecular weight is 489 g/mol. The largest absolute Gasteiger partial charge is 0.323 e. The first-order valence-corrected chi connectivity index (χ1v) is 11.6. The molecule has 1 aromatic heterocycles. The summed E-state index contributed by atoms with van der Waals surface area (Å²) in [7, 11) is 0. The summed E-state index contributed by atoms with van der Waals surface area (Å²) >= 11 is 7.29. The molecular formula is C25H17ClN4O3S. The van der Waals surface area contributed by atoms with Gasteiger partial charge in [-0.2, -0.15) is 0 Å². The van der Waals surface area contributed by atoms with E-state index >= 15 is 0 Å². The maximum Gasteiger partial charge on any atom is 0.275 e. The van der Waals surface area contributed by atoms with Gasteiger partial charge in [-0.25, -0.2) is 4.98 Å². The van der Waals surface area contributed by atoms with Crippen LogP contribution in [0.15, 0.2) is 78.2 Å². The number of hydrogen-bond acceptors (Lipinski definition) is 5. The highest BCUT2D eigenvalue weighted by Crippen LogP contribution is 2.30. The fourth-order valence-electron chi connectivity index (χ4n) is 3.56. The van der Waals surface area contributed by atoms with E-state index in [4.69, 9.17) is 11.6 Å². The summed E-state index contributed by atoms with van der Waals surface area (Å²) in [6.45, 7) is -0.0614. The highest BCUT2D eigenvalue weighted by atomic mass is 35.5. The molecule has 4 aromatic rings. The second-order valence-electron chi connectivity index (χ2n) is 7.53. The number of anilines is 3. The van der Waals surface area contributed by atoms with Crippen molar-refractivity contribution < 1.29 is 14.4 Å². The number of halogens is 1. The first kappa shape index (κ1) is 21.8. The molecule has 0 radical (unpaired) electrons. The van der Waals surface area contributed by atoms with E-state index in [1.165, 1.54) is 16.2 Å². The molecule has 0 saturated heterocycles. The topological polar surface area (TPSA) is 91.4 Å². The van der Waals surface area contributed by atoms with Gasteiger partial charge in [0.05, 0.1) is 11.4 Å². The van der Waals surface area contributed by atoms with Crippen LogP contribution in [0.25, 0.3) is 10.6 Å². The Balaban J connectivity index is 1.29. The Bertz CT molecular complexity index is 1400. The van der Waals surface area contributed by atoms with E-state index < -0.39 is 0 Å². The molecule has 2 heterocycles. The molecule has 0 bridgehead atoms. The Kier molecular flexibility index (Phi) is 5.83. The molecule has 0 unspecified atom stereocenters. The summed E-state index contributed by atoms with van der Waals surface area (Å²) in [6.07, 6.45) is 0. The monoisotopic (exact) mass is 488 g/mol. The number of nitrogens with one attached hydrogen (secondary N) is 2. The van der Waals surface area contributed by atoms with Gasteiger partial charge in [0, 0.05) is 27.2 Å². The lowest BCUT2D eigenvalue weighted by atomic mass is 10.1. The fourth-order valence-corrected chi connectivity index (χ4v) is 4.50. The SMILES string of the molecule is O=C1CN(C(=O)c2ccc(NC(=O)c3csc(-c4ccc(Cl)cc4)n3)cc2)c2ccccc2N1. The van der Waals surface area contributed by atoms with E-state index in [-0.39, 0.29) is 24.3 Å². The van der Waals surface area contributed by atoms with Crippen LogP contribution in [0.1, 0.15) is 20.8 Å². The molecule has 1 aliphatic rings. The number of para-hydroxylation sites is 2. The third-order valence-corrected chi connectivity index (χ3v) is 6.38. The van der Waals surface area contributed by atoms with Crippen LogP contribution < -0.4 is 15.5 Å². The van der Waals surface area contributed by atoms with E-state index in [1.807, 2.05) is 18.2 Å². The molecule has 2 N–H and O–H groups in total. The predicted octanol–water partition coefficient (Wildman–Crippen LogP) is 5.31. The Labute approximate surface area is 204 Å². The summed E-state index contributed by atoms with van der Waals surface area (Å²) in [5.74, 6) is -0.901. The third kappa shape index (κ3) is 4.41. The number of thiazole rings is 1. The number of amides is 3. The molecule has 168 valence electrons. The molecular weight excluding hydrogens is 472 g/mol. The van der Waals surface area contributed by atoms with Gasteiger partial charge < -0.3 is 10.6 Å². The van der Waals surface area contributed by atoms with Crippen molar-refractivity contribution in [2.24, 2.45) is 0 Å². The van der Waals surface area contributed by atoms with Crippen molar-refractivity contribution in [3.05, 3.63) is 94.5 Å². The van der Waals surface area contributed by atoms with Gasteiger partial charge in [0.15, 0.2) is 0 Å². The summed E-state index contributed by atoms with van der Waals surface area (Å²) < 4.78 is 0. The van der Waals surface area contributed by atoms with E-state index in [0.717, 1.165) is 5.56 Å². The number of carbonyl (C=O) groups excluding carboxylic acids is 3. The van der Waals surface area contributed by atoms with Crippen LogP contribution in [-0.2, 0) is 4.79 Å². The summed E-state index contributed by atoms with van der Waals surface area (Å²) in [4.78, 5) is 43.6. The van der Waals surface area contributed by atoms with Gasteiger partial charge in [0.25, 0.3) is 11.8 Å². The van der Waals surface area contributed by atoms with Crippen molar-refractivity contribution in [3.8, 4) is 10.6 Å². The predicted molar refractivity (Wildman–Crippen MR) is 134 cm³/mol. The molecule has 0 atom stereocenters. The summed E-state index contributed by atoms with van der Waals surface area (Å²) in [6, 6.07) is 20.9. The first-order chi connectivity index (χ1) is 16.5. The van der Waals surface area contributed by atoms with Crippen molar-refractivity contribution in [1.29, 1.82) is 0 Å². The molecule has 5 rings (SSSR count). The molecule has 0 aliphatic carbocycles. The molecule has 7 nitrogen and oxygen atoms in total. The maximum absolute atomic E-state index is 13.1. The van der Waals surface area contributed by atoms with Gasteiger partial charge in [0.1, 0.15) is 17.2 Å². The number of benzene rings is 3. The zero-order valence-corrected chi connectivity index (χ0v) is 19.2. The van der Waals surface area contributed by atoms with Crippen LogP contribution in [0.4, 0.5) is 17.1 Å². The number of aromatic nitrogens is 1. The summed E-state index contributed by atoms with van der Waals surface area (Å²) in [5, 5.41) is 8.60. The van der Waals surface area contributed by atoms with Crippen molar-refractivity contribution in [2.45, 2.75) is 0 Å². The van der Waals surface area contributed by atoms with Crippen molar-refractivity contribution >= 4 is 57.7 Å². The van der Waals surface area contributed by atoms with Crippen molar-refractivity contribution in [1.82, 2.24) is 4.98 Å². The molecule has 0 saturated carbocycles. The van der Waals surface area contributed by atoms with Crippen LogP contribution in [-0.4, -0.2) is 29.3 Å². The third-order valence-electron chi connectivity index (χ3n) is 5.23. The Morgan fingerprint density at radius 1 is 1.00 bits per heavy atom. The van der Waals surface area contributed by atoms with Crippen LogP contribution in [0, 0.1) is 0 Å². The van der Waals surface area contributed by atoms with Crippen LogP contribution in [0.5, 0.6) is 0 Å². The lowest BCUT2D eigenvalue weighted by Gasteiger charge is -2.29. The van der Waals surface area contributed by atoms with Gasteiger partial charge in [-0.15, -0.1) is 11.3 Å². The molecule has 3 aromatic carbocycles. The minimum absolute atomic E-state index is 0.0614. The molecule has 3 amide bonds. The number of hydrogen-bond donors (Lipinski definition) is 2. The van der Waals surface area contributed by atoms with E-state index in [2.05, 4.69) is 15.6 Å². The summed E-state index contributed by atoms with van der Waals surface area (Å²) in [5.41, 5.74) is 3.35. The van der Waals surface area contributed by atoms with Crippen LogP contribution in [0.2, 0.25) is 5.02 Å². The fraction of sp³-hybridized carbons (Fsp3) is 0.0400. The molecule has 0 fully saturated rings. The van der Waals surface area contributed by atoms with Gasteiger partial charge in [-0.3, -0.25) is 19.3 Å². The maximum atomic E-state index is 13.1. The minimum Gasteiger partial charge on any atom is -0.323 e. The molecule has 1 aliphatic heterocycles. The van der Waals surface area contributed by atoms with E-state index in [0.29, 0.717) is 38.3 Å².